The first-order valence-corrected chi connectivity index (χ1v) is 10.9. The lowest BCUT2D eigenvalue weighted by molar-refractivity contribution is 0.564. The summed E-state index contributed by atoms with van der Waals surface area (Å²) in [4.78, 5) is 0.167. The average Bonchev–Trinajstić information content (AvgIpc) is 2.59. The quantitative estimate of drug-likeness (QED) is 0.489. The highest BCUT2D eigenvalue weighted by Crippen LogP contribution is 2.23. The average molecular weight is 404 g/mol. The van der Waals surface area contributed by atoms with Gasteiger partial charge in [-0.05, 0) is 48.5 Å². The molecule has 2 atom stereocenters. The van der Waals surface area contributed by atoms with E-state index in [2.05, 4.69) is 10.6 Å². The Hall–Kier alpha value is -1.79. The molecule has 8 nitrogen and oxygen atoms in total. The number of hydrogen-bond donors (Lipinski definition) is 4. The predicted molar refractivity (Wildman–Crippen MR) is 96.9 cm³/mol. The maximum atomic E-state index is 12.6. The van der Waals surface area contributed by atoms with E-state index in [1.54, 1.807) is 0 Å². The third-order valence-electron chi connectivity index (χ3n) is 3.13. The van der Waals surface area contributed by atoms with Crippen molar-refractivity contribution < 1.29 is 25.9 Å². The SMILES string of the molecule is O=S(O)CNc1ccc(S(=O)(=O)c2ccc(NCS(=O)O)cc2)cc1. The van der Waals surface area contributed by atoms with Gasteiger partial charge in [-0.15, -0.1) is 0 Å². The number of sulfone groups is 1. The highest BCUT2D eigenvalue weighted by Gasteiger charge is 2.17. The van der Waals surface area contributed by atoms with E-state index in [1.165, 1.54) is 48.5 Å². The summed E-state index contributed by atoms with van der Waals surface area (Å²) in [5.74, 6) is -0.307. The molecule has 2 unspecified atom stereocenters. The van der Waals surface area contributed by atoms with Crippen LogP contribution in [0.4, 0.5) is 11.4 Å². The van der Waals surface area contributed by atoms with E-state index in [1.807, 2.05) is 0 Å². The van der Waals surface area contributed by atoms with Crippen molar-refractivity contribution in [1.82, 2.24) is 0 Å². The molecule has 0 aliphatic heterocycles. The standard InChI is InChI=1S/C14H16N2O6S3/c17-23(18)9-15-11-1-5-13(6-2-11)25(21,22)14-7-3-12(4-8-14)16-10-24(19)20/h1-8,15-16H,9-10H2,(H,17,18)(H,19,20). The van der Waals surface area contributed by atoms with Crippen LogP contribution in [-0.2, 0) is 32.0 Å². The van der Waals surface area contributed by atoms with Gasteiger partial charge in [0.1, 0.15) is 11.8 Å². The van der Waals surface area contributed by atoms with E-state index < -0.39 is 32.0 Å². The van der Waals surface area contributed by atoms with Crippen LogP contribution in [0.5, 0.6) is 0 Å². The van der Waals surface area contributed by atoms with Crippen molar-refractivity contribution in [2.24, 2.45) is 0 Å². The first-order valence-electron chi connectivity index (χ1n) is 6.87. The minimum atomic E-state index is -3.71. The van der Waals surface area contributed by atoms with Crippen molar-refractivity contribution in [2.75, 3.05) is 22.4 Å². The Morgan fingerprint density at radius 2 is 1.04 bits per heavy atom. The Morgan fingerprint density at radius 1 is 0.720 bits per heavy atom. The van der Waals surface area contributed by atoms with Gasteiger partial charge in [0, 0.05) is 11.4 Å². The van der Waals surface area contributed by atoms with E-state index in [0.29, 0.717) is 11.4 Å². The molecule has 0 spiro atoms. The lowest BCUT2D eigenvalue weighted by atomic mass is 10.3. The fraction of sp³-hybridized carbons (Fsp3) is 0.143. The minimum Gasteiger partial charge on any atom is -0.372 e. The molecular weight excluding hydrogens is 388 g/mol. The van der Waals surface area contributed by atoms with Gasteiger partial charge in [-0.25, -0.2) is 16.8 Å². The summed E-state index contributed by atoms with van der Waals surface area (Å²) in [6, 6.07) is 11.6. The molecule has 0 radical (unpaired) electrons. The zero-order valence-corrected chi connectivity index (χ0v) is 15.2. The number of nitrogens with one attached hydrogen (secondary N) is 2. The van der Waals surface area contributed by atoms with Crippen molar-refractivity contribution in [2.45, 2.75) is 9.79 Å². The molecule has 0 aliphatic carbocycles. The lowest BCUT2D eigenvalue weighted by Crippen LogP contribution is -2.08. The highest BCUT2D eigenvalue weighted by molar-refractivity contribution is 7.91. The van der Waals surface area contributed by atoms with E-state index in [4.69, 9.17) is 9.11 Å². The summed E-state index contributed by atoms with van der Waals surface area (Å²) in [7, 11) is -3.71. The van der Waals surface area contributed by atoms with E-state index in [0.717, 1.165) is 0 Å². The number of anilines is 2. The van der Waals surface area contributed by atoms with Crippen molar-refractivity contribution in [3.63, 3.8) is 0 Å². The molecule has 2 aromatic carbocycles. The van der Waals surface area contributed by atoms with Crippen molar-refractivity contribution in [1.29, 1.82) is 0 Å². The molecule has 0 saturated carbocycles. The van der Waals surface area contributed by atoms with Crippen LogP contribution >= 0.6 is 0 Å². The molecule has 0 saturated heterocycles. The summed E-state index contributed by atoms with van der Waals surface area (Å²) in [5.41, 5.74) is 1.05. The van der Waals surface area contributed by atoms with Crippen LogP contribution < -0.4 is 10.6 Å². The van der Waals surface area contributed by atoms with Gasteiger partial charge in [0.15, 0.2) is 22.2 Å². The maximum Gasteiger partial charge on any atom is 0.206 e. The molecule has 11 heteroatoms. The second-order valence-electron chi connectivity index (χ2n) is 4.84. The molecule has 0 heterocycles. The number of benzene rings is 2. The zero-order valence-electron chi connectivity index (χ0n) is 12.8. The molecule has 25 heavy (non-hydrogen) atoms. The van der Waals surface area contributed by atoms with Crippen molar-refractivity contribution in [3.05, 3.63) is 48.5 Å². The van der Waals surface area contributed by atoms with Crippen LogP contribution in [0.3, 0.4) is 0 Å². The van der Waals surface area contributed by atoms with Crippen LogP contribution in [0.15, 0.2) is 58.3 Å². The smallest absolute Gasteiger partial charge is 0.206 e. The van der Waals surface area contributed by atoms with Crippen LogP contribution in [0.2, 0.25) is 0 Å². The predicted octanol–water partition coefficient (Wildman–Crippen LogP) is 1.70. The van der Waals surface area contributed by atoms with Gasteiger partial charge in [-0.2, -0.15) is 0 Å². The summed E-state index contributed by atoms with van der Waals surface area (Å²) in [5, 5.41) is 5.39. The molecule has 4 N–H and O–H groups in total. The van der Waals surface area contributed by atoms with Gasteiger partial charge in [0.25, 0.3) is 0 Å². The number of hydrogen-bond acceptors (Lipinski definition) is 6. The third-order valence-corrected chi connectivity index (χ3v) is 5.70. The van der Waals surface area contributed by atoms with Gasteiger partial charge >= 0.3 is 0 Å². The Bertz CT molecular complexity index is 799. The zero-order chi connectivity index (χ0) is 18.4. The van der Waals surface area contributed by atoms with E-state index in [-0.39, 0.29) is 21.5 Å². The second-order valence-corrected chi connectivity index (χ2v) is 8.65. The van der Waals surface area contributed by atoms with Crippen molar-refractivity contribution in [3.8, 4) is 0 Å². The Labute approximate surface area is 150 Å². The molecule has 0 bridgehead atoms. The largest absolute Gasteiger partial charge is 0.372 e. The monoisotopic (exact) mass is 404 g/mol. The minimum absolute atomic E-state index is 0.0836. The first kappa shape index (κ1) is 19.5. The fourth-order valence-electron chi connectivity index (χ4n) is 1.93. The Kier molecular flexibility index (Phi) is 6.67. The molecule has 0 aliphatic rings. The normalized spacial score (nSPS) is 13.8. The second kappa shape index (κ2) is 8.54. The number of rotatable bonds is 8. The van der Waals surface area contributed by atoms with Gasteiger partial charge in [-0.3, -0.25) is 0 Å². The molecule has 0 amide bonds. The molecule has 2 aromatic rings. The summed E-state index contributed by atoms with van der Waals surface area (Å²) >= 11 is -3.99. The van der Waals surface area contributed by atoms with E-state index >= 15 is 0 Å². The van der Waals surface area contributed by atoms with Crippen LogP contribution in [-0.4, -0.2) is 37.7 Å². The maximum absolute atomic E-state index is 12.6. The fourth-order valence-corrected chi connectivity index (χ4v) is 3.77. The van der Waals surface area contributed by atoms with Gasteiger partial charge in [0.2, 0.25) is 9.84 Å². The third kappa shape index (κ3) is 5.61. The van der Waals surface area contributed by atoms with Gasteiger partial charge in [-0.1, -0.05) is 0 Å². The van der Waals surface area contributed by atoms with Crippen LogP contribution in [0.1, 0.15) is 0 Å². The lowest BCUT2D eigenvalue weighted by Gasteiger charge is -2.08. The van der Waals surface area contributed by atoms with Gasteiger partial charge < -0.3 is 19.7 Å². The first-order chi connectivity index (χ1) is 11.8. The topological polar surface area (TPSA) is 133 Å². The van der Waals surface area contributed by atoms with Crippen LogP contribution in [0.25, 0.3) is 0 Å². The summed E-state index contributed by atoms with van der Waals surface area (Å²) < 4.78 is 63.8. The molecule has 0 fully saturated rings. The van der Waals surface area contributed by atoms with Gasteiger partial charge in [0.05, 0.1) is 9.79 Å². The van der Waals surface area contributed by atoms with Crippen LogP contribution in [0, 0.1) is 0 Å². The Balaban J connectivity index is 2.14. The molecule has 2 rings (SSSR count). The Morgan fingerprint density at radius 3 is 1.32 bits per heavy atom. The highest BCUT2D eigenvalue weighted by atomic mass is 32.2. The summed E-state index contributed by atoms with van der Waals surface area (Å²) in [6.07, 6.45) is 0. The summed E-state index contributed by atoms with van der Waals surface area (Å²) in [6.45, 7) is 0. The molecule has 136 valence electrons. The molecule has 0 aromatic heterocycles. The molecular formula is C14H16N2O6S3. The van der Waals surface area contributed by atoms with E-state index in [9.17, 15) is 16.8 Å². The van der Waals surface area contributed by atoms with Crippen molar-refractivity contribution >= 4 is 43.4 Å².